The molecule has 0 aromatic heterocycles. The van der Waals surface area contributed by atoms with Crippen LogP contribution in [0.4, 0.5) is 10.1 Å². The van der Waals surface area contributed by atoms with Crippen molar-refractivity contribution >= 4 is 30.3 Å². The van der Waals surface area contributed by atoms with Crippen LogP contribution in [-0.2, 0) is 0 Å². The zero-order valence-corrected chi connectivity index (χ0v) is 11.6. The van der Waals surface area contributed by atoms with Gasteiger partial charge in [-0.15, -0.1) is 0 Å². The highest BCUT2D eigenvalue weighted by molar-refractivity contribution is 8.02. The molecule has 1 aromatic carbocycles. The van der Waals surface area contributed by atoms with E-state index in [-0.39, 0.29) is 12.4 Å². The number of rotatable bonds is 4. The molecule has 0 saturated carbocycles. The maximum Gasteiger partial charge on any atom is 0.146 e. The lowest BCUT2D eigenvalue weighted by atomic mass is 10.2. The number of hydrogen-bond donors (Lipinski definition) is 3. The topological polar surface area (TPSA) is 59.3 Å². The van der Waals surface area contributed by atoms with Gasteiger partial charge in [0.25, 0.3) is 0 Å². The number of halogens is 1. The van der Waals surface area contributed by atoms with E-state index in [2.05, 4.69) is 24.0 Å². The molecule has 0 aliphatic carbocycles. The third-order valence-corrected chi connectivity index (χ3v) is 4.37. The molecule has 2 rings (SSSR count). The zero-order valence-electron chi connectivity index (χ0n) is 9.88. The minimum absolute atomic E-state index is 0.0320. The van der Waals surface area contributed by atoms with Gasteiger partial charge in [-0.05, 0) is 24.1 Å². The third kappa shape index (κ3) is 3.04. The first-order chi connectivity index (χ1) is 9.17. The smallest absolute Gasteiger partial charge is 0.146 e. The normalized spacial score (nSPS) is 19.6. The van der Waals surface area contributed by atoms with E-state index >= 15 is 0 Å². The van der Waals surface area contributed by atoms with Crippen LogP contribution in [0.25, 0.3) is 0 Å². The van der Waals surface area contributed by atoms with Crippen LogP contribution in [0.5, 0.6) is 0 Å². The summed E-state index contributed by atoms with van der Waals surface area (Å²) in [4.78, 5) is 0. The van der Waals surface area contributed by atoms with Crippen LogP contribution in [0.15, 0.2) is 34.9 Å². The van der Waals surface area contributed by atoms with E-state index in [4.69, 9.17) is 10.4 Å². The average Bonchev–Trinajstić information content (AvgIpc) is 2.69. The molecule has 0 bridgehead atoms. The molecule has 0 radical (unpaired) electrons. The van der Waals surface area contributed by atoms with Gasteiger partial charge in [0.2, 0.25) is 0 Å². The van der Waals surface area contributed by atoms with Crippen LogP contribution >= 0.6 is 24.6 Å². The summed E-state index contributed by atoms with van der Waals surface area (Å²) in [5.74, 6) is -0.385. The quantitative estimate of drug-likeness (QED) is 0.587. The van der Waals surface area contributed by atoms with E-state index in [0.29, 0.717) is 22.8 Å². The number of anilines is 1. The van der Waals surface area contributed by atoms with Crippen molar-refractivity contribution in [2.24, 2.45) is 0 Å². The standard InChI is InChI=1S/C12H12FN3OS2/c13-9-3-1-2-4-10(9)15-11-8(7-14)12(18)16(19-11)5-6-17/h1-4,12,15,17-18H,5-6H2. The van der Waals surface area contributed by atoms with E-state index in [1.54, 1.807) is 22.5 Å². The van der Waals surface area contributed by atoms with Gasteiger partial charge in [0.1, 0.15) is 22.3 Å². The summed E-state index contributed by atoms with van der Waals surface area (Å²) in [5.41, 5.74) is 0.731. The second-order valence-electron chi connectivity index (χ2n) is 3.79. The number of hydrogen-bond acceptors (Lipinski definition) is 6. The molecule has 1 aliphatic rings. The zero-order chi connectivity index (χ0) is 13.8. The number of benzene rings is 1. The molecular weight excluding hydrogens is 285 g/mol. The Labute approximate surface area is 120 Å². The first kappa shape index (κ1) is 14.2. The highest BCUT2D eigenvalue weighted by Gasteiger charge is 2.31. The predicted octanol–water partition coefficient (Wildman–Crippen LogP) is 2.18. The molecule has 2 N–H and O–H groups in total. The van der Waals surface area contributed by atoms with Crippen LogP contribution in [0, 0.1) is 17.1 Å². The van der Waals surface area contributed by atoms with E-state index in [9.17, 15) is 4.39 Å². The molecule has 7 heteroatoms. The molecule has 4 nitrogen and oxygen atoms in total. The minimum atomic E-state index is -0.406. The molecular formula is C12H12FN3OS2. The number of nitrogens with zero attached hydrogens (tertiary/aromatic N) is 2. The Balaban J connectivity index is 2.22. The molecule has 1 aliphatic heterocycles. The number of nitriles is 1. The lowest BCUT2D eigenvalue weighted by Gasteiger charge is -2.17. The Kier molecular flexibility index (Phi) is 4.71. The van der Waals surface area contributed by atoms with Gasteiger partial charge in [-0.25, -0.2) is 8.70 Å². The number of β-amino-alcohol motifs (C(OH)–C–C–N with tert-alkyl or cyclic N) is 1. The molecule has 0 fully saturated rings. The third-order valence-electron chi connectivity index (χ3n) is 2.55. The van der Waals surface area contributed by atoms with Crippen LogP contribution < -0.4 is 5.32 Å². The van der Waals surface area contributed by atoms with Crippen molar-refractivity contribution < 1.29 is 9.50 Å². The minimum Gasteiger partial charge on any atom is -0.395 e. The first-order valence-electron chi connectivity index (χ1n) is 5.56. The fourth-order valence-corrected chi connectivity index (χ4v) is 3.18. The first-order valence-corrected chi connectivity index (χ1v) is 6.85. The molecule has 1 unspecified atom stereocenters. The van der Waals surface area contributed by atoms with Gasteiger partial charge in [0.05, 0.1) is 17.9 Å². The summed E-state index contributed by atoms with van der Waals surface area (Å²) in [6.07, 6.45) is 0. The predicted molar refractivity (Wildman–Crippen MR) is 76.8 cm³/mol. The number of thiol groups is 1. The molecule has 1 aromatic rings. The number of aliphatic hydroxyl groups is 1. The van der Waals surface area contributed by atoms with Gasteiger partial charge in [-0.2, -0.15) is 17.9 Å². The van der Waals surface area contributed by atoms with E-state index in [1.165, 1.54) is 18.0 Å². The molecule has 1 heterocycles. The highest BCUT2D eigenvalue weighted by Crippen LogP contribution is 2.39. The van der Waals surface area contributed by atoms with Gasteiger partial charge < -0.3 is 10.4 Å². The molecule has 0 spiro atoms. The number of aliphatic hydroxyl groups excluding tert-OH is 1. The summed E-state index contributed by atoms with van der Waals surface area (Å²) in [5, 5.41) is 21.1. The van der Waals surface area contributed by atoms with Gasteiger partial charge in [0, 0.05) is 6.54 Å². The van der Waals surface area contributed by atoms with Crippen molar-refractivity contribution in [2.75, 3.05) is 18.5 Å². The van der Waals surface area contributed by atoms with E-state index < -0.39 is 5.37 Å². The maximum absolute atomic E-state index is 13.6. The maximum atomic E-state index is 13.6. The Morgan fingerprint density at radius 2 is 2.26 bits per heavy atom. The largest absolute Gasteiger partial charge is 0.395 e. The summed E-state index contributed by atoms with van der Waals surface area (Å²) in [6.45, 7) is 0.349. The number of nitrogens with one attached hydrogen (secondary N) is 1. The van der Waals surface area contributed by atoms with Crippen LogP contribution in [-0.4, -0.2) is 27.9 Å². The SMILES string of the molecule is N#CC1=C(Nc2ccccc2F)SN(CCO)C1S. The van der Waals surface area contributed by atoms with Crippen molar-refractivity contribution in [3.63, 3.8) is 0 Å². The second-order valence-corrected chi connectivity index (χ2v) is 5.34. The van der Waals surface area contributed by atoms with Gasteiger partial charge in [-0.3, -0.25) is 0 Å². The van der Waals surface area contributed by atoms with Crippen molar-refractivity contribution in [1.29, 1.82) is 5.26 Å². The number of para-hydroxylation sites is 1. The van der Waals surface area contributed by atoms with Gasteiger partial charge in [0.15, 0.2) is 0 Å². The lowest BCUT2D eigenvalue weighted by molar-refractivity contribution is 0.264. The monoisotopic (exact) mass is 297 g/mol. The van der Waals surface area contributed by atoms with E-state index in [0.717, 1.165) is 0 Å². The van der Waals surface area contributed by atoms with E-state index in [1.807, 2.05) is 0 Å². The highest BCUT2D eigenvalue weighted by atomic mass is 32.2. The Morgan fingerprint density at radius 3 is 2.89 bits per heavy atom. The Morgan fingerprint density at radius 1 is 1.53 bits per heavy atom. The van der Waals surface area contributed by atoms with Crippen LogP contribution in [0.3, 0.4) is 0 Å². The van der Waals surface area contributed by atoms with Crippen molar-refractivity contribution in [3.05, 3.63) is 40.7 Å². The summed E-state index contributed by atoms with van der Waals surface area (Å²) in [7, 11) is 0. The fourth-order valence-electron chi connectivity index (χ4n) is 1.63. The second kappa shape index (κ2) is 6.30. The summed E-state index contributed by atoms with van der Waals surface area (Å²) < 4.78 is 15.3. The van der Waals surface area contributed by atoms with Crippen molar-refractivity contribution in [1.82, 2.24) is 4.31 Å². The lowest BCUT2D eigenvalue weighted by Crippen LogP contribution is -2.24. The van der Waals surface area contributed by atoms with Crippen LogP contribution in [0.1, 0.15) is 0 Å². The van der Waals surface area contributed by atoms with Crippen molar-refractivity contribution in [3.8, 4) is 6.07 Å². The summed E-state index contributed by atoms with van der Waals surface area (Å²) >= 11 is 5.58. The van der Waals surface area contributed by atoms with Crippen molar-refractivity contribution in [2.45, 2.75) is 5.37 Å². The molecule has 100 valence electrons. The molecule has 1 atom stereocenters. The summed E-state index contributed by atoms with van der Waals surface area (Å²) in [6, 6.07) is 8.32. The fraction of sp³-hybridized carbons (Fsp3) is 0.250. The average molecular weight is 297 g/mol. The van der Waals surface area contributed by atoms with Crippen LogP contribution in [0.2, 0.25) is 0 Å². The molecule has 19 heavy (non-hydrogen) atoms. The van der Waals surface area contributed by atoms with Gasteiger partial charge in [-0.1, -0.05) is 12.1 Å². The molecule has 0 amide bonds. The molecule has 0 saturated heterocycles. The Bertz CT molecular complexity index is 544. The van der Waals surface area contributed by atoms with Gasteiger partial charge >= 0.3 is 0 Å². The Hall–Kier alpha value is -1.20.